The Bertz CT molecular complexity index is 687. The molecule has 5 heteroatoms. The molecule has 0 N–H and O–H groups in total. The van der Waals surface area contributed by atoms with Gasteiger partial charge in [0, 0.05) is 5.56 Å². The molecule has 1 nitrogen and oxygen atoms in total. The van der Waals surface area contributed by atoms with Gasteiger partial charge in [0.15, 0.2) is 0 Å². The minimum atomic E-state index is -4.63. The summed E-state index contributed by atoms with van der Waals surface area (Å²) in [5, 5.41) is 0. The molecule has 2 rings (SSSR count). The van der Waals surface area contributed by atoms with Crippen molar-refractivity contribution in [3.05, 3.63) is 70.5 Å². The summed E-state index contributed by atoms with van der Waals surface area (Å²) in [5.74, 6) is -0.942. The number of benzene rings is 2. The van der Waals surface area contributed by atoms with Gasteiger partial charge in [-0.2, -0.15) is 13.2 Å². The molecule has 108 valence electrons. The zero-order chi connectivity index (χ0) is 15.5. The lowest BCUT2D eigenvalue weighted by Crippen LogP contribution is -2.07. The molecule has 0 aliphatic carbocycles. The molecule has 0 aliphatic rings. The molecule has 0 amide bonds. The van der Waals surface area contributed by atoms with Gasteiger partial charge in [-0.15, -0.1) is 0 Å². The van der Waals surface area contributed by atoms with Crippen LogP contribution in [0.5, 0.6) is 0 Å². The van der Waals surface area contributed by atoms with Gasteiger partial charge >= 0.3 is 6.18 Å². The molecule has 0 aliphatic heterocycles. The van der Waals surface area contributed by atoms with Crippen molar-refractivity contribution in [3.63, 3.8) is 0 Å². The van der Waals surface area contributed by atoms with Crippen molar-refractivity contribution in [1.29, 1.82) is 0 Å². The van der Waals surface area contributed by atoms with Crippen LogP contribution in [0.4, 0.5) is 17.6 Å². The van der Waals surface area contributed by atoms with Crippen LogP contribution in [0.3, 0.4) is 0 Å². The molecule has 0 spiro atoms. The summed E-state index contributed by atoms with van der Waals surface area (Å²) in [6.07, 6.45) is -1.30. The van der Waals surface area contributed by atoms with E-state index in [0.29, 0.717) is 23.5 Å². The molecule has 2 aromatic carbocycles. The fourth-order valence-corrected chi connectivity index (χ4v) is 1.84. The highest BCUT2D eigenvalue weighted by Gasteiger charge is 2.33. The number of carbonyl (C=O) groups is 1. The minimum Gasteiger partial charge on any atom is -0.298 e. The van der Waals surface area contributed by atoms with Gasteiger partial charge < -0.3 is 0 Å². The monoisotopic (exact) mass is 294 g/mol. The van der Waals surface area contributed by atoms with Gasteiger partial charge in [-0.05, 0) is 29.3 Å². The molecular weight excluding hydrogens is 284 g/mol. The van der Waals surface area contributed by atoms with E-state index in [1.54, 1.807) is 24.3 Å². The molecule has 0 saturated carbocycles. The standard InChI is InChI=1S/C16H10F4O/c17-14-7-6-13(15(9-14)16(18,19)20)5-4-11-2-1-3-12(8-11)10-21/h1-10H/b5-4+. The van der Waals surface area contributed by atoms with E-state index in [9.17, 15) is 22.4 Å². The molecular formula is C16H10F4O. The second kappa shape index (κ2) is 5.91. The first-order valence-electron chi connectivity index (χ1n) is 6.00. The number of halogens is 4. The molecule has 0 heterocycles. The third-order valence-corrected chi connectivity index (χ3v) is 2.82. The Labute approximate surface area is 118 Å². The van der Waals surface area contributed by atoms with Crippen LogP contribution in [-0.2, 0) is 6.18 Å². The van der Waals surface area contributed by atoms with Gasteiger partial charge in [-0.25, -0.2) is 4.39 Å². The molecule has 0 radical (unpaired) electrons. The van der Waals surface area contributed by atoms with Gasteiger partial charge in [0.25, 0.3) is 0 Å². The zero-order valence-electron chi connectivity index (χ0n) is 10.7. The Kier molecular flexibility index (Phi) is 4.21. The highest BCUT2D eigenvalue weighted by molar-refractivity contribution is 5.78. The minimum absolute atomic E-state index is 0.139. The molecule has 2 aromatic rings. The summed E-state index contributed by atoms with van der Waals surface area (Å²) in [5.41, 5.74) is -0.171. The number of hydrogen-bond acceptors (Lipinski definition) is 1. The fourth-order valence-electron chi connectivity index (χ4n) is 1.84. The Morgan fingerprint density at radius 3 is 2.29 bits per heavy atom. The Hall–Kier alpha value is -2.43. The van der Waals surface area contributed by atoms with Crippen LogP contribution in [0.15, 0.2) is 42.5 Å². The van der Waals surface area contributed by atoms with E-state index >= 15 is 0 Å². The van der Waals surface area contributed by atoms with Crippen LogP contribution < -0.4 is 0 Å². The maximum Gasteiger partial charge on any atom is 0.417 e. The van der Waals surface area contributed by atoms with Gasteiger partial charge in [0.2, 0.25) is 0 Å². The van der Waals surface area contributed by atoms with Crippen molar-refractivity contribution in [2.24, 2.45) is 0 Å². The number of aldehydes is 1. The van der Waals surface area contributed by atoms with E-state index in [1.165, 1.54) is 12.2 Å². The smallest absolute Gasteiger partial charge is 0.298 e. The van der Waals surface area contributed by atoms with Crippen LogP contribution in [0.1, 0.15) is 27.0 Å². The molecule has 0 bridgehead atoms. The Morgan fingerprint density at radius 2 is 1.62 bits per heavy atom. The van der Waals surface area contributed by atoms with Crippen LogP contribution in [0.2, 0.25) is 0 Å². The molecule has 21 heavy (non-hydrogen) atoms. The van der Waals surface area contributed by atoms with Crippen molar-refractivity contribution in [1.82, 2.24) is 0 Å². The SMILES string of the molecule is O=Cc1cccc(/C=C/c2ccc(F)cc2C(F)(F)F)c1. The summed E-state index contributed by atoms with van der Waals surface area (Å²) in [6, 6.07) is 8.90. The van der Waals surface area contributed by atoms with Crippen LogP contribution in [0, 0.1) is 5.82 Å². The highest BCUT2D eigenvalue weighted by atomic mass is 19.4. The predicted molar refractivity (Wildman–Crippen MR) is 72.2 cm³/mol. The third-order valence-electron chi connectivity index (χ3n) is 2.82. The lowest BCUT2D eigenvalue weighted by molar-refractivity contribution is -0.137. The maximum atomic E-state index is 13.0. The number of hydrogen-bond donors (Lipinski definition) is 0. The Morgan fingerprint density at radius 1 is 0.905 bits per heavy atom. The van der Waals surface area contributed by atoms with E-state index in [0.717, 1.165) is 12.1 Å². The zero-order valence-corrected chi connectivity index (χ0v) is 10.7. The number of rotatable bonds is 3. The Balaban J connectivity index is 2.39. The first kappa shape index (κ1) is 15.0. The van der Waals surface area contributed by atoms with Crippen molar-refractivity contribution in [2.75, 3.05) is 0 Å². The van der Waals surface area contributed by atoms with E-state index in [2.05, 4.69) is 0 Å². The highest BCUT2D eigenvalue weighted by Crippen LogP contribution is 2.33. The molecule has 0 saturated heterocycles. The fraction of sp³-hybridized carbons (Fsp3) is 0.0625. The van der Waals surface area contributed by atoms with Gasteiger partial charge in [0.05, 0.1) is 5.56 Å². The van der Waals surface area contributed by atoms with Crippen LogP contribution in [0.25, 0.3) is 12.2 Å². The third kappa shape index (κ3) is 3.78. The van der Waals surface area contributed by atoms with E-state index in [1.807, 2.05) is 0 Å². The van der Waals surface area contributed by atoms with E-state index < -0.39 is 17.6 Å². The second-order valence-corrected chi connectivity index (χ2v) is 4.35. The normalized spacial score (nSPS) is 11.8. The molecule has 0 fully saturated rings. The van der Waals surface area contributed by atoms with Gasteiger partial charge in [-0.3, -0.25) is 4.79 Å². The summed E-state index contributed by atoms with van der Waals surface area (Å²) < 4.78 is 51.5. The van der Waals surface area contributed by atoms with Crippen molar-refractivity contribution in [3.8, 4) is 0 Å². The first-order valence-corrected chi connectivity index (χ1v) is 6.00. The number of alkyl halides is 3. The summed E-state index contributed by atoms with van der Waals surface area (Å²) >= 11 is 0. The lowest BCUT2D eigenvalue weighted by Gasteiger charge is -2.10. The summed E-state index contributed by atoms with van der Waals surface area (Å²) in [4.78, 5) is 10.6. The lowest BCUT2D eigenvalue weighted by atomic mass is 10.0. The average Bonchev–Trinajstić information content (AvgIpc) is 2.45. The summed E-state index contributed by atoms with van der Waals surface area (Å²) in [7, 11) is 0. The topological polar surface area (TPSA) is 17.1 Å². The molecule has 0 unspecified atom stereocenters. The van der Waals surface area contributed by atoms with Crippen molar-refractivity contribution >= 4 is 18.4 Å². The quantitative estimate of drug-likeness (QED) is 0.450. The second-order valence-electron chi connectivity index (χ2n) is 4.35. The molecule has 0 atom stereocenters. The van der Waals surface area contributed by atoms with E-state index in [-0.39, 0.29) is 5.56 Å². The van der Waals surface area contributed by atoms with Gasteiger partial charge in [0.1, 0.15) is 12.1 Å². The largest absolute Gasteiger partial charge is 0.417 e. The average molecular weight is 294 g/mol. The number of carbonyl (C=O) groups excluding carboxylic acids is 1. The van der Waals surface area contributed by atoms with E-state index in [4.69, 9.17) is 0 Å². The van der Waals surface area contributed by atoms with Crippen LogP contribution in [-0.4, -0.2) is 6.29 Å². The first-order chi connectivity index (χ1) is 9.90. The summed E-state index contributed by atoms with van der Waals surface area (Å²) in [6.45, 7) is 0. The van der Waals surface area contributed by atoms with Crippen molar-refractivity contribution in [2.45, 2.75) is 6.18 Å². The van der Waals surface area contributed by atoms with Crippen molar-refractivity contribution < 1.29 is 22.4 Å². The maximum absolute atomic E-state index is 13.0. The van der Waals surface area contributed by atoms with Crippen LogP contribution >= 0.6 is 0 Å². The van der Waals surface area contributed by atoms with Gasteiger partial charge in [-0.1, -0.05) is 36.4 Å². The molecule has 0 aromatic heterocycles. The predicted octanol–water partition coefficient (Wildman–Crippen LogP) is 4.83.